The Morgan fingerprint density at radius 1 is 1.17 bits per heavy atom. The van der Waals surface area contributed by atoms with Gasteiger partial charge in [0.25, 0.3) is 5.91 Å². The lowest BCUT2D eigenvalue weighted by atomic mass is 9.92. The Morgan fingerprint density at radius 3 is 2.62 bits per heavy atom. The predicted molar refractivity (Wildman–Crippen MR) is 111 cm³/mol. The van der Waals surface area contributed by atoms with Crippen LogP contribution in [0.4, 0.5) is 0 Å². The molecule has 1 saturated carbocycles. The summed E-state index contributed by atoms with van der Waals surface area (Å²) in [5.74, 6) is -0.462. The van der Waals surface area contributed by atoms with Gasteiger partial charge in [0, 0.05) is 30.7 Å². The normalized spacial score (nSPS) is 22.3. The van der Waals surface area contributed by atoms with Crippen molar-refractivity contribution >= 4 is 21.8 Å². The van der Waals surface area contributed by atoms with Crippen LogP contribution in [0.3, 0.4) is 0 Å². The van der Waals surface area contributed by atoms with E-state index >= 15 is 0 Å². The molecule has 0 aromatic heterocycles. The van der Waals surface area contributed by atoms with E-state index in [1.165, 1.54) is 12.1 Å². The van der Waals surface area contributed by atoms with Crippen molar-refractivity contribution in [1.82, 2.24) is 14.9 Å². The standard InChI is InChI=1S/C21H31N3O4S/c1-3-4-12-22-20(25)17-9-8-15(2)24(14-17)21(26)16-6-5-7-19(13-16)29(27,28)23-18-10-11-18/h5-7,13,15,17-18,23H,3-4,8-12,14H2,1-2H3,(H,22,25). The summed E-state index contributed by atoms with van der Waals surface area (Å²) in [5.41, 5.74) is 0.336. The smallest absolute Gasteiger partial charge is 0.254 e. The molecule has 29 heavy (non-hydrogen) atoms. The highest BCUT2D eigenvalue weighted by molar-refractivity contribution is 7.89. The summed E-state index contributed by atoms with van der Waals surface area (Å²) >= 11 is 0. The summed E-state index contributed by atoms with van der Waals surface area (Å²) in [5, 5.41) is 2.96. The number of carbonyl (C=O) groups excluding carboxylic acids is 2. The molecule has 1 aromatic rings. The largest absolute Gasteiger partial charge is 0.356 e. The molecule has 1 aliphatic heterocycles. The lowest BCUT2D eigenvalue weighted by Gasteiger charge is -2.37. The average Bonchev–Trinajstić information content (AvgIpc) is 3.51. The molecule has 8 heteroatoms. The zero-order valence-electron chi connectivity index (χ0n) is 17.2. The van der Waals surface area contributed by atoms with Crippen LogP contribution in [0.25, 0.3) is 0 Å². The number of hydrogen-bond donors (Lipinski definition) is 2. The van der Waals surface area contributed by atoms with Crippen LogP contribution in [0.2, 0.25) is 0 Å². The molecular formula is C21H31N3O4S. The molecule has 1 aliphatic carbocycles. The summed E-state index contributed by atoms with van der Waals surface area (Å²) in [4.78, 5) is 27.4. The van der Waals surface area contributed by atoms with Gasteiger partial charge in [-0.1, -0.05) is 19.4 Å². The van der Waals surface area contributed by atoms with Crippen LogP contribution in [-0.2, 0) is 14.8 Å². The fourth-order valence-corrected chi connectivity index (χ4v) is 4.94. The van der Waals surface area contributed by atoms with E-state index in [4.69, 9.17) is 0 Å². The maximum atomic E-state index is 13.1. The number of nitrogens with one attached hydrogen (secondary N) is 2. The number of amides is 2. The highest BCUT2D eigenvalue weighted by Crippen LogP contribution is 2.26. The van der Waals surface area contributed by atoms with E-state index < -0.39 is 10.0 Å². The van der Waals surface area contributed by atoms with Crippen molar-refractivity contribution in [3.05, 3.63) is 29.8 Å². The first-order chi connectivity index (χ1) is 13.8. The van der Waals surface area contributed by atoms with Crippen molar-refractivity contribution in [2.24, 2.45) is 5.92 Å². The van der Waals surface area contributed by atoms with E-state index in [-0.39, 0.29) is 34.7 Å². The minimum absolute atomic E-state index is 0.00638. The first-order valence-corrected chi connectivity index (χ1v) is 12.0. The molecule has 2 unspecified atom stereocenters. The van der Waals surface area contributed by atoms with Gasteiger partial charge in [-0.05, 0) is 57.2 Å². The molecule has 3 rings (SSSR count). The van der Waals surface area contributed by atoms with Crippen LogP contribution in [0.1, 0.15) is 62.7 Å². The Kier molecular flexibility index (Phi) is 6.95. The second kappa shape index (κ2) is 9.26. The fraction of sp³-hybridized carbons (Fsp3) is 0.619. The molecule has 2 fully saturated rings. The summed E-state index contributed by atoms with van der Waals surface area (Å²) in [6.07, 6.45) is 5.16. The first-order valence-electron chi connectivity index (χ1n) is 10.5. The molecule has 1 aromatic carbocycles. The van der Waals surface area contributed by atoms with E-state index in [1.807, 2.05) is 6.92 Å². The van der Waals surface area contributed by atoms with Crippen LogP contribution in [-0.4, -0.2) is 50.3 Å². The van der Waals surface area contributed by atoms with E-state index in [0.29, 0.717) is 18.7 Å². The predicted octanol–water partition coefficient (Wildman–Crippen LogP) is 2.28. The number of likely N-dealkylation sites (tertiary alicyclic amines) is 1. The Balaban J connectivity index is 1.71. The summed E-state index contributed by atoms with van der Waals surface area (Å²) in [6, 6.07) is 6.19. The molecule has 2 N–H and O–H groups in total. The second-order valence-corrected chi connectivity index (χ2v) is 9.86. The number of hydrogen-bond acceptors (Lipinski definition) is 4. The maximum absolute atomic E-state index is 13.1. The van der Waals surface area contributed by atoms with Crippen molar-refractivity contribution in [1.29, 1.82) is 0 Å². The van der Waals surface area contributed by atoms with Crippen LogP contribution >= 0.6 is 0 Å². The number of unbranched alkanes of at least 4 members (excludes halogenated alkanes) is 1. The quantitative estimate of drug-likeness (QED) is 0.630. The van der Waals surface area contributed by atoms with E-state index in [0.717, 1.165) is 38.5 Å². The SMILES string of the molecule is CCCCNC(=O)C1CCC(C)N(C(=O)c2cccc(S(=O)(=O)NC3CC3)c2)C1. The third kappa shape index (κ3) is 5.57. The molecule has 1 heterocycles. The number of nitrogens with zero attached hydrogens (tertiary/aromatic N) is 1. The number of carbonyl (C=O) groups is 2. The maximum Gasteiger partial charge on any atom is 0.254 e. The van der Waals surface area contributed by atoms with Gasteiger partial charge in [-0.3, -0.25) is 9.59 Å². The minimum atomic E-state index is -3.62. The van der Waals surface area contributed by atoms with E-state index in [2.05, 4.69) is 17.0 Å². The molecule has 2 amide bonds. The molecule has 160 valence electrons. The van der Waals surface area contributed by atoms with Crippen molar-refractivity contribution in [3.8, 4) is 0 Å². The molecule has 2 atom stereocenters. The van der Waals surface area contributed by atoms with Crippen molar-refractivity contribution in [2.75, 3.05) is 13.1 Å². The highest BCUT2D eigenvalue weighted by atomic mass is 32.2. The van der Waals surface area contributed by atoms with Gasteiger partial charge in [0.05, 0.1) is 10.8 Å². The minimum Gasteiger partial charge on any atom is -0.356 e. The number of sulfonamides is 1. The molecule has 0 spiro atoms. The third-order valence-corrected chi connectivity index (χ3v) is 7.15. The van der Waals surface area contributed by atoms with E-state index in [1.54, 1.807) is 17.0 Å². The average molecular weight is 422 g/mol. The molecule has 7 nitrogen and oxygen atoms in total. The van der Waals surface area contributed by atoms with Crippen LogP contribution in [0.5, 0.6) is 0 Å². The first kappa shape index (κ1) is 21.8. The third-order valence-electron chi connectivity index (χ3n) is 5.63. The Bertz CT molecular complexity index is 851. The zero-order chi connectivity index (χ0) is 21.0. The Labute approximate surface area is 173 Å². The van der Waals surface area contributed by atoms with Gasteiger partial charge in [-0.2, -0.15) is 0 Å². The number of piperidine rings is 1. The Hall–Kier alpha value is -1.93. The van der Waals surface area contributed by atoms with Crippen LogP contribution in [0.15, 0.2) is 29.2 Å². The highest BCUT2D eigenvalue weighted by Gasteiger charge is 2.33. The van der Waals surface area contributed by atoms with Gasteiger partial charge >= 0.3 is 0 Å². The van der Waals surface area contributed by atoms with Gasteiger partial charge < -0.3 is 10.2 Å². The van der Waals surface area contributed by atoms with Crippen LogP contribution in [0, 0.1) is 5.92 Å². The van der Waals surface area contributed by atoms with E-state index in [9.17, 15) is 18.0 Å². The number of benzene rings is 1. The summed E-state index contributed by atoms with van der Waals surface area (Å²) < 4.78 is 27.6. The van der Waals surface area contributed by atoms with Gasteiger partial charge in [0.2, 0.25) is 15.9 Å². The van der Waals surface area contributed by atoms with Gasteiger partial charge in [0.15, 0.2) is 0 Å². The molecule has 2 aliphatic rings. The summed E-state index contributed by atoms with van der Waals surface area (Å²) in [6.45, 7) is 5.06. The van der Waals surface area contributed by atoms with Crippen molar-refractivity contribution in [2.45, 2.75) is 69.4 Å². The lowest BCUT2D eigenvalue weighted by molar-refractivity contribution is -0.126. The van der Waals surface area contributed by atoms with Gasteiger partial charge in [0.1, 0.15) is 0 Å². The molecular weight excluding hydrogens is 390 g/mol. The monoisotopic (exact) mass is 421 g/mol. The van der Waals surface area contributed by atoms with Crippen LogP contribution < -0.4 is 10.0 Å². The van der Waals surface area contributed by atoms with Crippen molar-refractivity contribution in [3.63, 3.8) is 0 Å². The second-order valence-electron chi connectivity index (χ2n) is 8.15. The molecule has 0 bridgehead atoms. The zero-order valence-corrected chi connectivity index (χ0v) is 18.0. The van der Waals surface area contributed by atoms with Gasteiger partial charge in [-0.25, -0.2) is 13.1 Å². The molecule has 0 radical (unpaired) electrons. The summed E-state index contributed by atoms with van der Waals surface area (Å²) in [7, 11) is -3.62. The van der Waals surface area contributed by atoms with Gasteiger partial charge in [-0.15, -0.1) is 0 Å². The number of rotatable bonds is 8. The Morgan fingerprint density at radius 2 is 1.93 bits per heavy atom. The molecule has 1 saturated heterocycles. The topological polar surface area (TPSA) is 95.6 Å². The lowest BCUT2D eigenvalue weighted by Crippen LogP contribution is -2.49. The van der Waals surface area contributed by atoms with Crippen molar-refractivity contribution < 1.29 is 18.0 Å². The fourth-order valence-electron chi connectivity index (χ4n) is 3.59.